The molecule has 0 atom stereocenters. The fourth-order valence-electron chi connectivity index (χ4n) is 11.5. The third-order valence-electron chi connectivity index (χ3n) is 14.7. The highest BCUT2D eigenvalue weighted by atomic mass is 15.0. The minimum atomic E-state index is -0.465. The summed E-state index contributed by atoms with van der Waals surface area (Å²) < 4.78 is 0. The summed E-state index contributed by atoms with van der Waals surface area (Å²) in [6, 6.07) is 94.5. The smallest absolute Gasteiger partial charge is 0.164 e. The van der Waals surface area contributed by atoms with Gasteiger partial charge in [0.2, 0.25) is 0 Å². The van der Waals surface area contributed by atoms with E-state index in [-0.39, 0.29) is 0 Å². The molecule has 11 aromatic carbocycles. The number of nitrogens with zero attached hydrogens (tertiary/aromatic N) is 3. The van der Waals surface area contributed by atoms with E-state index in [1.807, 2.05) is 24.3 Å². The van der Waals surface area contributed by atoms with Gasteiger partial charge in [-0.3, -0.25) is 0 Å². The first-order chi connectivity index (χ1) is 35.2. The van der Waals surface area contributed by atoms with Crippen LogP contribution in [-0.4, -0.2) is 15.0 Å². The molecule has 2 aliphatic carbocycles. The Labute approximate surface area is 413 Å². The molecule has 0 bridgehead atoms. The van der Waals surface area contributed by atoms with Crippen molar-refractivity contribution in [2.75, 3.05) is 0 Å². The van der Waals surface area contributed by atoms with E-state index in [1.54, 1.807) is 0 Å². The number of rotatable bonds is 7. The third-order valence-corrected chi connectivity index (χ3v) is 14.7. The summed E-state index contributed by atoms with van der Waals surface area (Å²) in [4.78, 5) is 15.3. The molecular formula is C68H43N3. The lowest BCUT2D eigenvalue weighted by Crippen LogP contribution is -2.25. The van der Waals surface area contributed by atoms with Gasteiger partial charge < -0.3 is 0 Å². The van der Waals surface area contributed by atoms with Gasteiger partial charge >= 0.3 is 0 Å². The van der Waals surface area contributed by atoms with Crippen LogP contribution in [0.1, 0.15) is 22.3 Å². The van der Waals surface area contributed by atoms with Crippen molar-refractivity contribution in [3.05, 3.63) is 283 Å². The summed E-state index contributed by atoms with van der Waals surface area (Å²) in [5.74, 6) is 1.89. The van der Waals surface area contributed by atoms with Crippen LogP contribution < -0.4 is 0 Å². The molecule has 12 aromatic rings. The Morgan fingerprint density at radius 3 is 1.23 bits per heavy atom. The summed E-state index contributed by atoms with van der Waals surface area (Å²) in [6.07, 6.45) is 0. The van der Waals surface area contributed by atoms with Crippen molar-refractivity contribution in [3.8, 4) is 101 Å². The number of aromatic nitrogens is 3. The Bertz CT molecular complexity index is 4000. The topological polar surface area (TPSA) is 38.7 Å². The van der Waals surface area contributed by atoms with Crippen LogP contribution in [0, 0.1) is 0 Å². The number of benzene rings is 11. The van der Waals surface area contributed by atoms with Gasteiger partial charge in [0.25, 0.3) is 0 Å². The molecular weight excluding hydrogens is 859 g/mol. The maximum atomic E-state index is 5.16. The van der Waals surface area contributed by atoms with Gasteiger partial charge in [-0.15, -0.1) is 0 Å². The van der Waals surface area contributed by atoms with Crippen LogP contribution >= 0.6 is 0 Å². The predicted octanol–water partition coefficient (Wildman–Crippen LogP) is 17.0. The zero-order chi connectivity index (χ0) is 46.9. The molecule has 71 heavy (non-hydrogen) atoms. The Hall–Kier alpha value is -9.31. The minimum absolute atomic E-state index is 0.465. The Morgan fingerprint density at radius 1 is 0.197 bits per heavy atom. The van der Waals surface area contributed by atoms with Crippen LogP contribution in [0.25, 0.3) is 112 Å². The van der Waals surface area contributed by atoms with Gasteiger partial charge in [0.15, 0.2) is 17.5 Å². The van der Waals surface area contributed by atoms with Gasteiger partial charge in [-0.2, -0.15) is 0 Å². The number of hydrogen-bond donors (Lipinski definition) is 0. The van der Waals surface area contributed by atoms with Gasteiger partial charge in [0.1, 0.15) is 0 Å². The molecule has 0 fully saturated rings. The Morgan fingerprint density at radius 2 is 0.592 bits per heavy atom. The Kier molecular flexibility index (Phi) is 9.43. The van der Waals surface area contributed by atoms with Crippen LogP contribution in [0.2, 0.25) is 0 Å². The van der Waals surface area contributed by atoms with Crippen molar-refractivity contribution in [2.45, 2.75) is 5.41 Å². The highest BCUT2D eigenvalue weighted by Crippen LogP contribution is 2.63. The molecule has 0 saturated heterocycles. The van der Waals surface area contributed by atoms with Gasteiger partial charge in [-0.25, -0.2) is 15.0 Å². The lowest BCUT2D eigenvalue weighted by Gasteiger charge is -2.31. The predicted molar refractivity (Wildman–Crippen MR) is 292 cm³/mol. The summed E-state index contributed by atoms with van der Waals surface area (Å²) >= 11 is 0. The van der Waals surface area contributed by atoms with Crippen molar-refractivity contribution in [1.29, 1.82) is 0 Å². The fourth-order valence-corrected chi connectivity index (χ4v) is 11.5. The van der Waals surface area contributed by atoms with Crippen molar-refractivity contribution in [2.24, 2.45) is 0 Å². The maximum Gasteiger partial charge on any atom is 0.164 e. The molecule has 1 heterocycles. The standard InChI is InChI=1S/C68H43N3/c1-3-17-44(18-4-1)46-33-36-48(37-34-46)66-69-65(47-20-5-2-6-21-47)70-67(71-66)54-26-16-24-51(41-54)50-23-15-25-52(40-50)59-43-64-60(42-58(59)53-38-35-45-19-7-8-22-49(45)39-53)57-29-11-14-32-63(57)68(64)61-30-12-9-27-55(61)56-28-10-13-31-62(56)68/h1-43H. The van der Waals surface area contributed by atoms with Crippen molar-refractivity contribution in [1.82, 2.24) is 15.0 Å². The summed E-state index contributed by atoms with van der Waals surface area (Å²) in [5, 5.41) is 2.45. The second-order valence-corrected chi connectivity index (χ2v) is 18.7. The zero-order valence-corrected chi connectivity index (χ0v) is 38.7. The van der Waals surface area contributed by atoms with Crippen molar-refractivity contribution < 1.29 is 0 Å². The van der Waals surface area contributed by atoms with Crippen LogP contribution in [0.4, 0.5) is 0 Å². The van der Waals surface area contributed by atoms with Crippen molar-refractivity contribution in [3.63, 3.8) is 0 Å². The van der Waals surface area contributed by atoms with Gasteiger partial charge in [-0.1, -0.05) is 231 Å². The maximum absolute atomic E-state index is 5.16. The van der Waals surface area contributed by atoms with Gasteiger partial charge in [0.05, 0.1) is 5.41 Å². The lowest BCUT2D eigenvalue weighted by atomic mass is 9.70. The summed E-state index contributed by atoms with van der Waals surface area (Å²) in [7, 11) is 0. The first-order valence-electron chi connectivity index (χ1n) is 24.3. The molecule has 3 heteroatoms. The van der Waals surface area contributed by atoms with Crippen LogP contribution in [0.3, 0.4) is 0 Å². The normalized spacial score (nSPS) is 12.6. The van der Waals surface area contributed by atoms with Crippen molar-refractivity contribution >= 4 is 10.8 Å². The average Bonchev–Trinajstić information content (AvgIpc) is 3.94. The number of hydrogen-bond acceptors (Lipinski definition) is 3. The molecule has 0 saturated carbocycles. The summed E-state index contributed by atoms with van der Waals surface area (Å²) in [6.45, 7) is 0. The van der Waals surface area contributed by atoms with Crippen LogP contribution in [0.15, 0.2) is 261 Å². The zero-order valence-electron chi connectivity index (χ0n) is 38.7. The fraction of sp³-hybridized carbons (Fsp3) is 0.0147. The number of fused-ring (bicyclic) bond motifs is 11. The molecule has 2 aliphatic rings. The first-order valence-corrected chi connectivity index (χ1v) is 24.3. The van der Waals surface area contributed by atoms with E-state index >= 15 is 0 Å². The molecule has 0 aliphatic heterocycles. The van der Waals surface area contributed by atoms with Crippen LogP contribution in [0.5, 0.6) is 0 Å². The monoisotopic (exact) mass is 901 g/mol. The largest absolute Gasteiger partial charge is 0.208 e. The second-order valence-electron chi connectivity index (χ2n) is 18.7. The van der Waals surface area contributed by atoms with E-state index in [1.165, 1.54) is 77.5 Å². The van der Waals surface area contributed by atoms with Gasteiger partial charge in [0, 0.05) is 16.7 Å². The highest BCUT2D eigenvalue weighted by Gasteiger charge is 2.51. The van der Waals surface area contributed by atoms with Crippen LogP contribution in [-0.2, 0) is 5.41 Å². The van der Waals surface area contributed by atoms with E-state index < -0.39 is 5.41 Å². The molecule has 0 N–H and O–H groups in total. The Balaban J connectivity index is 0.929. The molecule has 330 valence electrons. The average molecular weight is 902 g/mol. The van der Waals surface area contributed by atoms with E-state index in [4.69, 9.17) is 15.0 Å². The molecule has 14 rings (SSSR count). The van der Waals surface area contributed by atoms with Gasteiger partial charge in [-0.05, 0) is 130 Å². The molecule has 0 radical (unpaired) electrons. The van der Waals surface area contributed by atoms with E-state index in [0.717, 1.165) is 38.9 Å². The van der Waals surface area contributed by atoms with E-state index in [2.05, 4.69) is 237 Å². The summed E-state index contributed by atoms with van der Waals surface area (Å²) in [5.41, 5.74) is 22.1. The quantitative estimate of drug-likeness (QED) is 0.160. The molecule has 0 unspecified atom stereocenters. The third kappa shape index (κ3) is 6.62. The lowest BCUT2D eigenvalue weighted by molar-refractivity contribution is 0.794. The first kappa shape index (κ1) is 40.7. The molecule has 1 aromatic heterocycles. The minimum Gasteiger partial charge on any atom is -0.208 e. The second kappa shape index (κ2) is 16.4. The highest BCUT2D eigenvalue weighted by molar-refractivity contribution is 6.00. The van der Waals surface area contributed by atoms with E-state index in [9.17, 15) is 0 Å². The van der Waals surface area contributed by atoms with E-state index in [0.29, 0.717) is 17.5 Å². The molecule has 3 nitrogen and oxygen atoms in total. The SMILES string of the molecule is c1ccc(-c2ccc(-c3nc(-c4ccccc4)nc(-c4cccc(-c5cccc(-c6cc7c(cc6-c6ccc8ccccc8c6)-c6ccccc6C76c7ccccc7-c7ccccc76)c5)c4)n3)cc2)cc1. The molecule has 0 amide bonds. The molecule has 1 spiro atoms.